The van der Waals surface area contributed by atoms with Crippen LogP contribution in [0.2, 0.25) is 0 Å². The number of hydrogen-bond donors (Lipinski definition) is 3. The van der Waals surface area contributed by atoms with E-state index in [9.17, 15) is 9.59 Å². The molecule has 2 amide bonds. The average molecular weight is 261 g/mol. The molecule has 0 aliphatic carbocycles. The monoisotopic (exact) mass is 261 g/mol. The standard InChI is InChI=1S/C14H19N3O2/c1-14(7-8-15-10-14)17-12(18)9-16-13(19)11-5-3-2-4-6-11/h2-6,15H,7-10H2,1H3,(H,16,19)(H,17,18). The van der Waals surface area contributed by atoms with Gasteiger partial charge in [-0.3, -0.25) is 9.59 Å². The zero-order valence-corrected chi connectivity index (χ0v) is 11.0. The molecule has 1 saturated heterocycles. The molecular formula is C14H19N3O2. The molecule has 3 N–H and O–H groups in total. The van der Waals surface area contributed by atoms with Crippen molar-refractivity contribution >= 4 is 11.8 Å². The van der Waals surface area contributed by atoms with Crippen LogP contribution in [0, 0.1) is 0 Å². The van der Waals surface area contributed by atoms with Gasteiger partial charge in [-0.25, -0.2) is 0 Å². The minimum Gasteiger partial charge on any atom is -0.348 e. The molecule has 1 fully saturated rings. The highest BCUT2D eigenvalue weighted by Gasteiger charge is 2.29. The summed E-state index contributed by atoms with van der Waals surface area (Å²) in [5.74, 6) is -0.388. The van der Waals surface area contributed by atoms with Gasteiger partial charge in [-0.1, -0.05) is 18.2 Å². The van der Waals surface area contributed by atoms with Gasteiger partial charge < -0.3 is 16.0 Å². The molecule has 0 radical (unpaired) electrons. The molecule has 102 valence electrons. The van der Waals surface area contributed by atoms with E-state index in [1.165, 1.54) is 0 Å². The Labute approximate surface area is 112 Å². The van der Waals surface area contributed by atoms with Crippen LogP contribution >= 0.6 is 0 Å². The summed E-state index contributed by atoms with van der Waals surface area (Å²) in [4.78, 5) is 23.5. The van der Waals surface area contributed by atoms with Gasteiger partial charge in [0.2, 0.25) is 5.91 Å². The van der Waals surface area contributed by atoms with Crippen molar-refractivity contribution < 1.29 is 9.59 Å². The van der Waals surface area contributed by atoms with Crippen LogP contribution in [0.25, 0.3) is 0 Å². The number of carbonyl (C=O) groups excluding carboxylic acids is 2. The molecule has 5 nitrogen and oxygen atoms in total. The normalized spacial score (nSPS) is 21.9. The van der Waals surface area contributed by atoms with Crippen molar-refractivity contribution in [2.24, 2.45) is 0 Å². The third-order valence-corrected chi connectivity index (χ3v) is 3.26. The predicted octanol–water partition coefficient (Wildman–Crippen LogP) is 0.285. The first-order chi connectivity index (χ1) is 9.09. The van der Waals surface area contributed by atoms with Crippen molar-refractivity contribution in [1.82, 2.24) is 16.0 Å². The SMILES string of the molecule is CC1(NC(=O)CNC(=O)c2ccccc2)CCNC1. The first-order valence-corrected chi connectivity index (χ1v) is 6.44. The number of amides is 2. The zero-order chi connectivity index (χ0) is 13.7. The maximum Gasteiger partial charge on any atom is 0.251 e. The van der Waals surface area contributed by atoms with Gasteiger partial charge in [-0.15, -0.1) is 0 Å². The lowest BCUT2D eigenvalue weighted by molar-refractivity contribution is -0.121. The lowest BCUT2D eigenvalue weighted by atomic mass is 10.0. The van der Waals surface area contributed by atoms with Gasteiger partial charge in [0.05, 0.1) is 12.1 Å². The summed E-state index contributed by atoms with van der Waals surface area (Å²) in [7, 11) is 0. The van der Waals surface area contributed by atoms with E-state index in [2.05, 4.69) is 16.0 Å². The third-order valence-electron chi connectivity index (χ3n) is 3.26. The summed E-state index contributed by atoms with van der Waals surface area (Å²) in [6, 6.07) is 8.86. The Bertz CT molecular complexity index is 453. The Morgan fingerprint density at radius 2 is 2.05 bits per heavy atom. The predicted molar refractivity (Wildman–Crippen MR) is 72.8 cm³/mol. The molecule has 1 aromatic carbocycles. The van der Waals surface area contributed by atoms with E-state index in [-0.39, 0.29) is 23.9 Å². The summed E-state index contributed by atoms with van der Waals surface area (Å²) in [5, 5.41) is 8.77. The topological polar surface area (TPSA) is 70.2 Å². The lowest BCUT2D eigenvalue weighted by Crippen LogP contribution is -2.50. The summed E-state index contributed by atoms with van der Waals surface area (Å²) >= 11 is 0. The molecule has 1 unspecified atom stereocenters. The van der Waals surface area contributed by atoms with E-state index in [0.29, 0.717) is 5.56 Å². The van der Waals surface area contributed by atoms with Crippen molar-refractivity contribution in [3.63, 3.8) is 0 Å². The molecular weight excluding hydrogens is 242 g/mol. The second kappa shape index (κ2) is 5.84. The molecule has 1 heterocycles. The van der Waals surface area contributed by atoms with E-state index in [4.69, 9.17) is 0 Å². The van der Waals surface area contributed by atoms with Crippen molar-refractivity contribution in [3.05, 3.63) is 35.9 Å². The zero-order valence-electron chi connectivity index (χ0n) is 11.0. The van der Waals surface area contributed by atoms with Crippen LogP contribution in [0.5, 0.6) is 0 Å². The molecule has 0 bridgehead atoms. The van der Waals surface area contributed by atoms with E-state index in [1.54, 1.807) is 24.3 Å². The number of rotatable bonds is 4. The van der Waals surface area contributed by atoms with Crippen LogP contribution in [0.1, 0.15) is 23.7 Å². The van der Waals surface area contributed by atoms with Gasteiger partial charge in [-0.2, -0.15) is 0 Å². The van der Waals surface area contributed by atoms with Crippen LogP contribution in [0.15, 0.2) is 30.3 Å². The van der Waals surface area contributed by atoms with Crippen LogP contribution in [0.4, 0.5) is 0 Å². The maximum absolute atomic E-state index is 11.8. The highest BCUT2D eigenvalue weighted by Crippen LogP contribution is 2.12. The van der Waals surface area contributed by atoms with Crippen LogP contribution in [-0.2, 0) is 4.79 Å². The molecule has 0 spiro atoms. The minimum atomic E-state index is -0.231. The number of nitrogens with one attached hydrogen (secondary N) is 3. The highest BCUT2D eigenvalue weighted by molar-refractivity contribution is 5.96. The third kappa shape index (κ3) is 3.79. The van der Waals surface area contributed by atoms with Crippen LogP contribution in [-0.4, -0.2) is 37.0 Å². The fraction of sp³-hybridized carbons (Fsp3) is 0.429. The van der Waals surface area contributed by atoms with E-state index >= 15 is 0 Å². The minimum absolute atomic E-state index is 0.00329. The number of benzene rings is 1. The molecule has 1 atom stereocenters. The van der Waals surface area contributed by atoms with Crippen molar-refractivity contribution in [3.8, 4) is 0 Å². The van der Waals surface area contributed by atoms with Crippen molar-refractivity contribution in [2.45, 2.75) is 18.9 Å². The van der Waals surface area contributed by atoms with Gasteiger partial charge in [0.15, 0.2) is 0 Å². The molecule has 1 aliphatic heterocycles. The summed E-state index contributed by atoms with van der Waals surface area (Å²) in [5.41, 5.74) is 0.359. The van der Waals surface area contributed by atoms with Gasteiger partial charge in [0.25, 0.3) is 5.91 Å². The average Bonchev–Trinajstić information content (AvgIpc) is 2.83. The fourth-order valence-electron chi connectivity index (χ4n) is 2.16. The highest BCUT2D eigenvalue weighted by atomic mass is 16.2. The summed E-state index contributed by atoms with van der Waals surface area (Å²) < 4.78 is 0. The molecule has 1 aliphatic rings. The molecule has 0 saturated carbocycles. The van der Waals surface area contributed by atoms with E-state index < -0.39 is 0 Å². The first kappa shape index (κ1) is 13.5. The lowest BCUT2D eigenvalue weighted by Gasteiger charge is -2.24. The fourth-order valence-corrected chi connectivity index (χ4v) is 2.16. The van der Waals surface area contributed by atoms with E-state index in [0.717, 1.165) is 19.5 Å². The molecule has 0 aromatic heterocycles. The number of hydrogen-bond acceptors (Lipinski definition) is 3. The van der Waals surface area contributed by atoms with Crippen molar-refractivity contribution in [2.75, 3.05) is 19.6 Å². The number of carbonyl (C=O) groups is 2. The molecule has 2 rings (SSSR count). The Morgan fingerprint density at radius 1 is 1.32 bits per heavy atom. The second-order valence-electron chi connectivity index (χ2n) is 5.08. The largest absolute Gasteiger partial charge is 0.348 e. The van der Waals surface area contributed by atoms with Gasteiger partial charge in [0, 0.05) is 12.1 Å². The Kier molecular flexibility index (Phi) is 4.16. The second-order valence-corrected chi connectivity index (χ2v) is 5.08. The molecule has 19 heavy (non-hydrogen) atoms. The maximum atomic E-state index is 11.8. The van der Waals surface area contributed by atoms with Crippen LogP contribution < -0.4 is 16.0 Å². The van der Waals surface area contributed by atoms with Gasteiger partial charge in [-0.05, 0) is 32.0 Å². The Balaban J connectivity index is 1.79. The van der Waals surface area contributed by atoms with Gasteiger partial charge >= 0.3 is 0 Å². The summed E-state index contributed by atoms with van der Waals surface area (Å²) in [6.07, 6.45) is 0.908. The smallest absolute Gasteiger partial charge is 0.251 e. The van der Waals surface area contributed by atoms with Gasteiger partial charge in [0.1, 0.15) is 0 Å². The van der Waals surface area contributed by atoms with Crippen molar-refractivity contribution in [1.29, 1.82) is 0 Å². The quantitative estimate of drug-likeness (QED) is 0.729. The Hall–Kier alpha value is -1.88. The van der Waals surface area contributed by atoms with E-state index in [1.807, 2.05) is 13.0 Å². The Morgan fingerprint density at radius 3 is 2.68 bits per heavy atom. The van der Waals surface area contributed by atoms with Crippen LogP contribution in [0.3, 0.4) is 0 Å². The summed E-state index contributed by atoms with van der Waals surface area (Å²) in [6.45, 7) is 3.69. The molecule has 1 aromatic rings. The first-order valence-electron chi connectivity index (χ1n) is 6.44. The molecule has 5 heteroatoms.